The summed E-state index contributed by atoms with van der Waals surface area (Å²) >= 11 is 0. The molecule has 1 aromatic rings. The molecule has 0 saturated carbocycles. The first-order chi connectivity index (χ1) is 8.06. The summed E-state index contributed by atoms with van der Waals surface area (Å²) in [6.45, 7) is 3.21. The van der Waals surface area contributed by atoms with Gasteiger partial charge in [-0.2, -0.15) is 0 Å². The van der Waals surface area contributed by atoms with E-state index in [2.05, 4.69) is 11.8 Å². The van der Waals surface area contributed by atoms with E-state index in [9.17, 15) is 9.18 Å². The molecule has 2 unspecified atom stereocenters. The molecule has 0 aliphatic carbocycles. The van der Waals surface area contributed by atoms with E-state index in [0.717, 1.165) is 18.5 Å². The molecule has 0 spiro atoms. The third kappa shape index (κ3) is 2.82. The Labute approximate surface area is 100 Å². The van der Waals surface area contributed by atoms with Crippen LogP contribution in [0.5, 0.6) is 0 Å². The number of amides is 1. The van der Waals surface area contributed by atoms with Gasteiger partial charge in [-0.05, 0) is 37.0 Å². The Bertz CT molecular complexity index is 404. The summed E-state index contributed by atoms with van der Waals surface area (Å²) in [4.78, 5) is 13.0. The van der Waals surface area contributed by atoms with Crippen LogP contribution in [0.1, 0.15) is 24.8 Å². The van der Waals surface area contributed by atoms with Crippen LogP contribution in [0, 0.1) is 5.82 Å². The summed E-state index contributed by atoms with van der Waals surface area (Å²) in [5, 5.41) is 0. The summed E-state index contributed by atoms with van der Waals surface area (Å²) in [5.74, 6) is -0.143. The largest absolute Gasteiger partial charge is 0.369 e. The van der Waals surface area contributed by atoms with Crippen molar-refractivity contribution in [2.45, 2.75) is 25.3 Å². The minimum atomic E-state index is -0.295. The van der Waals surface area contributed by atoms with Gasteiger partial charge in [0.05, 0.1) is 6.54 Å². The van der Waals surface area contributed by atoms with Crippen LogP contribution in [0.3, 0.4) is 0 Å². The van der Waals surface area contributed by atoms with E-state index in [1.54, 1.807) is 0 Å². The SMILES string of the molecule is CC1CC(c2ccc(F)cc2)CN1CC(N)=O. The first-order valence-corrected chi connectivity index (χ1v) is 5.84. The average Bonchev–Trinajstić information content (AvgIpc) is 2.60. The van der Waals surface area contributed by atoms with Crippen LogP contribution in [0.25, 0.3) is 0 Å². The zero-order valence-corrected chi connectivity index (χ0v) is 9.90. The summed E-state index contributed by atoms with van der Waals surface area (Å²) in [6.07, 6.45) is 0.985. The van der Waals surface area contributed by atoms with Crippen LogP contribution >= 0.6 is 0 Å². The lowest BCUT2D eigenvalue weighted by atomic mass is 9.97. The highest BCUT2D eigenvalue weighted by molar-refractivity contribution is 5.76. The molecule has 4 heteroatoms. The lowest BCUT2D eigenvalue weighted by Gasteiger charge is -2.18. The number of likely N-dealkylation sites (tertiary alicyclic amines) is 1. The highest BCUT2D eigenvalue weighted by atomic mass is 19.1. The normalized spacial score (nSPS) is 25.1. The minimum absolute atomic E-state index is 0.214. The number of nitrogens with zero attached hydrogens (tertiary/aromatic N) is 1. The lowest BCUT2D eigenvalue weighted by molar-refractivity contribution is -0.119. The molecule has 3 nitrogen and oxygen atoms in total. The molecule has 1 aliphatic rings. The number of carbonyl (C=O) groups excluding carboxylic acids is 1. The minimum Gasteiger partial charge on any atom is -0.369 e. The fraction of sp³-hybridized carbons (Fsp3) is 0.462. The van der Waals surface area contributed by atoms with E-state index in [1.807, 2.05) is 12.1 Å². The fourth-order valence-corrected chi connectivity index (χ4v) is 2.50. The zero-order valence-electron chi connectivity index (χ0n) is 9.90. The predicted molar refractivity (Wildman–Crippen MR) is 64.0 cm³/mol. The summed E-state index contributed by atoms with van der Waals surface area (Å²) in [7, 11) is 0. The van der Waals surface area contributed by atoms with Crippen LogP contribution in [0.2, 0.25) is 0 Å². The molecular weight excluding hydrogens is 219 g/mol. The maximum Gasteiger partial charge on any atom is 0.231 e. The van der Waals surface area contributed by atoms with Crippen molar-refractivity contribution in [3.8, 4) is 0 Å². The first-order valence-electron chi connectivity index (χ1n) is 5.84. The third-order valence-electron chi connectivity index (χ3n) is 3.40. The highest BCUT2D eigenvalue weighted by Gasteiger charge is 2.30. The molecule has 2 rings (SSSR count). The molecule has 1 aromatic carbocycles. The van der Waals surface area contributed by atoms with Crippen molar-refractivity contribution >= 4 is 5.91 Å². The van der Waals surface area contributed by atoms with Gasteiger partial charge < -0.3 is 5.73 Å². The Hall–Kier alpha value is -1.42. The van der Waals surface area contributed by atoms with Crippen molar-refractivity contribution in [3.63, 3.8) is 0 Å². The Kier molecular flexibility index (Phi) is 3.43. The van der Waals surface area contributed by atoms with Gasteiger partial charge in [-0.15, -0.1) is 0 Å². The third-order valence-corrected chi connectivity index (χ3v) is 3.40. The van der Waals surface area contributed by atoms with Crippen LogP contribution in [0.15, 0.2) is 24.3 Å². The Morgan fingerprint density at radius 1 is 1.47 bits per heavy atom. The number of primary amides is 1. The summed E-state index contributed by atoms with van der Waals surface area (Å²) in [6, 6.07) is 6.95. The van der Waals surface area contributed by atoms with Gasteiger partial charge >= 0.3 is 0 Å². The maximum absolute atomic E-state index is 12.8. The fourth-order valence-electron chi connectivity index (χ4n) is 2.50. The van der Waals surface area contributed by atoms with Gasteiger partial charge in [-0.3, -0.25) is 9.69 Å². The van der Waals surface area contributed by atoms with Crippen molar-refractivity contribution < 1.29 is 9.18 Å². The Balaban J connectivity index is 2.05. The van der Waals surface area contributed by atoms with Gasteiger partial charge in [-0.25, -0.2) is 4.39 Å². The number of nitrogens with two attached hydrogens (primary N) is 1. The zero-order chi connectivity index (χ0) is 12.4. The summed E-state index contributed by atoms with van der Waals surface area (Å²) in [5.41, 5.74) is 6.34. The molecule has 2 N–H and O–H groups in total. The van der Waals surface area contributed by atoms with E-state index >= 15 is 0 Å². The molecule has 92 valence electrons. The van der Waals surface area contributed by atoms with Crippen molar-refractivity contribution in [2.75, 3.05) is 13.1 Å². The van der Waals surface area contributed by atoms with E-state index in [4.69, 9.17) is 5.73 Å². The molecule has 0 radical (unpaired) electrons. The monoisotopic (exact) mass is 236 g/mol. The number of benzene rings is 1. The second-order valence-corrected chi connectivity index (χ2v) is 4.73. The van der Waals surface area contributed by atoms with Crippen LogP contribution in [-0.2, 0) is 4.79 Å². The van der Waals surface area contributed by atoms with E-state index in [1.165, 1.54) is 12.1 Å². The number of rotatable bonds is 3. The van der Waals surface area contributed by atoms with Gasteiger partial charge in [0.25, 0.3) is 0 Å². The molecule has 0 aromatic heterocycles. The van der Waals surface area contributed by atoms with Gasteiger partial charge in [0.2, 0.25) is 5.91 Å². The molecule has 1 aliphatic heterocycles. The van der Waals surface area contributed by atoms with Crippen molar-refractivity contribution in [2.24, 2.45) is 5.73 Å². The Morgan fingerprint density at radius 2 is 2.12 bits per heavy atom. The quantitative estimate of drug-likeness (QED) is 0.864. The molecule has 17 heavy (non-hydrogen) atoms. The topological polar surface area (TPSA) is 46.3 Å². The van der Waals surface area contributed by atoms with Gasteiger partial charge in [0.1, 0.15) is 5.82 Å². The van der Waals surface area contributed by atoms with Crippen LogP contribution < -0.4 is 5.73 Å². The molecule has 0 bridgehead atoms. The number of hydrogen-bond acceptors (Lipinski definition) is 2. The van der Waals surface area contributed by atoms with Crippen molar-refractivity contribution in [1.29, 1.82) is 0 Å². The van der Waals surface area contributed by atoms with Gasteiger partial charge in [-0.1, -0.05) is 12.1 Å². The predicted octanol–water partition coefficient (Wildman–Crippen LogP) is 1.49. The molecule has 1 fully saturated rings. The average molecular weight is 236 g/mol. The molecular formula is C13H17FN2O. The number of hydrogen-bond donors (Lipinski definition) is 1. The molecule has 1 saturated heterocycles. The smallest absolute Gasteiger partial charge is 0.231 e. The van der Waals surface area contributed by atoms with Crippen molar-refractivity contribution in [1.82, 2.24) is 4.90 Å². The van der Waals surface area contributed by atoms with Crippen molar-refractivity contribution in [3.05, 3.63) is 35.6 Å². The highest BCUT2D eigenvalue weighted by Crippen LogP contribution is 2.31. The second-order valence-electron chi connectivity index (χ2n) is 4.73. The maximum atomic E-state index is 12.8. The van der Waals surface area contributed by atoms with Gasteiger partial charge in [0, 0.05) is 12.6 Å². The molecule has 2 atom stereocenters. The van der Waals surface area contributed by atoms with Gasteiger partial charge in [0.15, 0.2) is 0 Å². The number of halogens is 1. The number of carbonyl (C=O) groups is 1. The molecule has 1 amide bonds. The lowest BCUT2D eigenvalue weighted by Crippen LogP contribution is -2.35. The van der Waals surface area contributed by atoms with E-state index in [0.29, 0.717) is 18.5 Å². The Morgan fingerprint density at radius 3 is 2.71 bits per heavy atom. The van der Waals surface area contributed by atoms with Crippen LogP contribution in [-0.4, -0.2) is 29.9 Å². The summed E-state index contributed by atoms with van der Waals surface area (Å²) < 4.78 is 12.8. The standard InChI is InChI=1S/C13H17FN2O/c1-9-6-11(7-16(9)8-13(15)17)10-2-4-12(14)5-3-10/h2-5,9,11H,6-8H2,1H3,(H2,15,17). The first kappa shape index (κ1) is 12.0. The molecule has 1 heterocycles. The van der Waals surface area contributed by atoms with Crippen LogP contribution in [0.4, 0.5) is 4.39 Å². The van der Waals surface area contributed by atoms with E-state index < -0.39 is 0 Å². The van der Waals surface area contributed by atoms with E-state index in [-0.39, 0.29) is 11.7 Å². The second kappa shape index (κ2) is 4.84.